The fraction of sp³-hybridized carbons (Fsp3) is 0.263. The van der Waals surface area contributed by atoms with Crippen LogP contribution in [-0.4, -0.2) is 34.4 Å². The maximum atomic E-state index is 11.8. The highest BCUT2D eigenvalue weighted by Gasteiger charge is 2.30. The van der Waals surface area contributed by atoms with Gasteiger partial charge in [0.25, 0.3) is 0 Å². The second-order valence-corrected chi connectivity index (χ2v) is 7.40. The number of hydrogen-bond acceptors (Lipinski definition) is 4. The minimum atomic E-state index is -2.01. The number of rotatable bonds is 6. The third-order valence-electron chi connectivity index (χ3n) is 3.72. The fourth-order valence-electron chi connectivity index (χ4n) is 2.15. The molecule has 0 saturated carbocycles. The van der Waals surface area contributed by atoms with Crippen molar-refractivity contribution < 1.29 is 19.8 Å². The quantitative estimate of drug-likeness (QED) is 0.621. The molecule has 6 nitrogen and oxygen atoms in total. The molecule has 0 fully saturated rings. The summed E-state index contributed by atoms with van der Waals surface area (Å²) < 4.78 is 0. The summed E-state index contributed by atoms with van der Waals surface area (Å²) in [4.78, 5) is 24.8. The predicted octanol–water partition coefficient (Wildman–Crippen LogP) is 3.41. The summed E-state index contributed by atoms with van der Waals surface area (Å²) in [5.74, 6) is -1.40. The highest BCUT2D eigenvalue weighted by Crippen LogP contribution is 2.31. The number of carboxylic acids is 1. The Kier molecular flexibility index (Phi) is 6.28. The number of urea groups is 1. The van der Waals surface area contributed by atoms with E-state index >= 15 is 0 Å². The second kappa shape index (κ2) is 8.25. The Hall–Kier alpha value is -2.51. The average molecular weight is 374 g/mol. The molecule has 0 bridgehead atoms. The van der Waals surface area contributed by atoms with Gasteiger partial charge in [-0.05, 0) is 56.7 Å². The van der Waals surface area contributed by atoms with Crippen LogP contribution >= 0.6 is 11.8 Å². The van der Waals surface area contributed by atoms with E-state index in [2.05, 4.69) is 42.7 Å². The molecule has 4 N–H and O–H groups in total. The van der Waals surface area contributed by atoms with Crippen LogP contribution in [0.15, 0.2) is 52.3 Å². The van der Waals surface area contributed by atoms with E-state index in [1.54, 1.807) is 23.9 Å². The summed E-state index contributed by atoms with van der Waals surface area (Å²) in [6.07, 6.45) is 0. The first-order valence-electron chi connectivity index (χ1n) is 8.03. The van der Waals surface area contributed by atoms with Crippen LogP contribution in [0, 0.1) is 13.8 Å². The summed E-state index contributed by atoms with van der Waals surface area (Å²) in [5, 5.41) is 23.3. The van der Waals surface area contributed by atoms with Crippen LogP contribution in [0.2, 0.25) is 0 Å². The number of carboxylic acid groups (broad SMARTS) is 1. The van der Waals surface area contributed by atoms with Crippen molar-refractivity contribution in [1.82, 2.24) is 5.32 Å². The van der Waals surface area contributed by atoms with Gasteiger partial charge in [0, 0.05) is 15.5 Å². The zero-order valence-electron chi connectivity index (χ0n) is 14.9. The number of aliphatic hydroxyl groups is 1. The molecule has 1 atom stereocenters. The van der Waals surface area contributed by atoms with E-state index < -0.39 is 24.1 Å². The molecule has 1 unspecified atom stereocenters. The van der Waals surface area contributed by atoms with Gasteiger partial charge >= 0.3 is 12.0 Å². The van der Waals surface area contributed by atoms with Crippen molar-refractivity contribution in [3.05, 3.63) is 53.6 Å². The predicted molar refractivity (Wildman–Crippen MR) is 102 cm³/mol. The van der Waals surface area contributed by atoms with Crippen molar-refractivity contribution in [2.45, 2.75) is 36.2 Å². The van der Waals surface area contributed by atoms with Crippen LogP contribution in [-0.2, 0) is 4.79 Å². The standard InChI is InChI=1S/C19H22N2O4S/c1-12-4-9-16(13(2)10-12)26-15-7-5-14(6-8-15)21-18(24)20-11-19(3,25)17(22)23/h4-10,25H,11H2,1-3H3,(H,22,23)(H2,20,21,24). The molecule has 0 aliphatic carbocycles. The van der Waals surface area contributed by atoms with Crippen LogP contribution in [0.5, 0.6) is 0 Å². The monoisotopic (exact) mass is 374 g/mol. The summed E-state index contributed by atoms with van der Waals surface area (Å²) in [6, 6.07) is 13.0. The molecule has 0 radical (unpaired) electrons. The van der Waals surface area contributed by atoms with E-state index in [-0.39, 0.29) is 0 Å². The van der Waals surface area contributed by atoms with Crippen molar-refractivity contribution in [3.63, 3.8) is 0 Å². The van der Waals surface area contributed by atoms with E-state index in [1.165, 1.54) is 16.0 Å². The number of benzene rings is 2. The van der Waals surface area contributed by atoms with Crippen molar-refractivity contribution >= 4 is 29.4 Å². The van der Waals surface area contributed by atoms with E-state index in [0.717, 1.165) is 11.8 Å². The van der Waals surface area contributed by atoms with Gasteiger partial charge in [-0.15, -0.1) is 0 Å². The molecule has 2 rings (SSSR count). The molecule has 0 heterocycles. The smallest absolute Gasteiger partial charge is 0.337 e. The molecule has 0 spiro atoms. The Morgan fingerprint density at radius 3 is 2.35 bits per heavy atom. The van der Waals surface area contributed by atoms with Gasteiger partial charge in [0.1, 0.15) is 0 Å². The van der Waals surface area contributed by atoms with Gasteiger partial charge in [-0.3, -0.25) is 0 Å². The summed E-state index contributed by atoms with van der Waals surface area (Å²) in [7, 11) is 0. The second-order valence-electron chi connectivity index (χ2n) is 6.28. The molecule has 0 aliphatic heterocycles. The molecule has 0 saturated heterocycles. The van der Waals surface area contributed by atoms with E-state index in [9.17, 15) is 14.7 Å². The van der Waals surface area contributed by atoms with Crippen molar-refractivity contribution in [1.29, 1.82) is 0 Å². The van der Waals surface area contributed by atoms with Gasteiger partial charge in [0.05, 0.1) is 6.54 Å². The first-order chi connectivity index (χ1) is 12.2. The molecule has 2 aromatic carbocycles. The summed E-state index contributed by atoms with van der Waals surface area (Å²) >= 11 is 1.64. The van der Waals surface area contributed by atoms with E-state index in [0.29, 0.717) is 5.69 Å². The Balaban J connectivity index is 1.92. The lowest BCUT2D eigenvalue weighted by molar-refractivity contribution is -0.155. The molecule has 0 aliphatic rings. The summed E-state index contributed by atoms with van der Waals surface area (Å²) in [5.41, 5.74) is 0.993. The molecular formula is C19H22N2O4S. The Morgan fingerprint density at radius 2 is 1.77 bits per heavy atom. The minimum Gasteiger partial charge on any atom is -0.479 e. The Morgan fingerprint density at radius 1 is 1.12 bits per heavy atom. The number of hydrogen-bond donors (Lipinski definition) is 4. The first-order valence-corrected chi connectivity index (χ1v) is 8.85. The van der Waals surface area contributed by atoms with Gasteiger partial charge in [0.2, 0.25) is 0 Å². The number of aryl methyl sites for hydroxylation is 2. The highest BCUT2D eigenvalue weighted by atomic mass is 32.2. The molecule has 7 heteroatoms. The molecule has 2 amide bonds. The average Bonchev–Trinajstić information content (AvgIpc) is 2.57. The van der Waals surface area contributed by atoms with E-state index in [1.807, 2.05) is 12.1 Å². The lowest BCUT2D eigenvalue weighted by Gasteiger charge is -2.18. The molecular weight excluding hydrogens is 352 g/mol. The number of aliphatic carboxylic acids is 1. The fourth-order valence-corrected chi connectivity index (χ4v) is 3.03. The lowest BCUT2D eigenvalue weighted by atomic mass is 10.1. The third-order valence-corrected chi connectivity index (χ3v) is 4.91. The van der Waals surface area contributed by atoms with Gasteiger partial charge in [-0.25, -0.2) is 9.59 Å². The summed E-state index contributed by atoms with van der Waals surface area (Å²) in [6.45, 7) is 4.86. The lowest BCUT2D eigenvalue weighted by Crippen LogP contribution is -2.47. The van der Waals surface area contributed by atoms with Gasteiger partial charge in [0.15, 0.2) is 5.60 Å². The van der Waals surface area contributed by atoms with Crippen LogP contribution in [0.3, 0.4) is 0 Å². The van der Waals surface area contributed by atoms with Crippen LogP contribution < -0.4 is 10.6 Å². The van der Waals surface area contributed by atoms with Crippen LogP contribution in [0.1, 0.15) is 18.1 Å². The van der Waals surface area contributed by atoms with Crippen molar-refractivity contribution in [3.8, 4) is 0 Å². The van der Waals surface area contributed by atoms with Gasteiger partial charge < -0.3 is 20.8 Å². The highest BCUT2D eigenvalue weighted by molar-refractivity contribution is 7.99. The number of amides is 2. The molecule has 2 aromatic rings. The number of anilines is 1. The van der Waals surface area contributed by atoms with Crippen LogP contribution in [0.4, 0.5) is 10.5 Å². The zero-order chi connectivity index (χ0) is 19.3. The number of carbonyl (C=O) groups is 2. The Labute approximate surface area is 156 Å². The van der Waals surface area contributed by atoms with Crippen molar-refractivity contribution in [2.24, 2.45) is 0 Å². The number of carbonyl (C=O) groups excluding carboxylic acids is 1. The Bertz CT molecular complexity index is 804. The molecule has 26 heavy (non-hydrogen) atoms. The van der Waals surface area contributed by atoms with Gasteiger partial charge in [-0.1, -0.05) is 29.5 Å². The normalized spacial score (nSPS) is 12.9. The van der Waals surface area contributed by atoms with Crippen molar-refractivity contribution in [2.75, 3.05) is 11.9 Å². The number of nitrogens with one attached hydrogen (secondary N) is 2. The SMILES string of the molecule is Cc1ccc(Sc2ccc(NC(=O)NCC(C)(O)C(=O)O)cc2)c(C)c1. The molecule has 138 valence electrons. The maximum Gasteiger partial charge on any atom is 0.337 e. The van der Waals surface area contributed by atoms with Crippen LogP contribution in [0.25, 0.3) is 0 Å². The van der Waals surface area contributed by atoms with E-state index in [4.69, 9.17) is 5.11 Å². The van der Waals surface area contributed by atoms with Gasteiger partial charge in [-0.2, -0.15) is 0 Å². The third kappa shape index (κ3) is 5.50. The maximum absolute atomic E-state index is 11.8. The zero-order valence-corrected chi connectivity index (χ0v) is 15.7. The largest absolute Gasteiger partial charge is 0.479 e. The minimum absolute atomic E-state index is 0.394. The topological polar surface area (TPSA) is 98.7 Å². The molecule has 0 aromatic heterocycles. The first kappa shape index (κ1) is 19.8.